The van der Waals surface area contributed by atoms with E-state index in [2.05, 4.69) is 0 Å². The third kappa shape index (κ3) is 1.57. The Hall–Kier alpha value is -0.890. The predicted octanol–water partition coefficient (Wildman–Crippen LogP) is 1.93. The molecule has 60 valence electrons. The van der Waals surface area contributed by atoms with Crippen LogP contribution in [0.5, 0.6) is 0 Å². The van der Waals surface area contributed by atoms with Crippen LogP contribution in [0.15, 0.2) is 12.1 Å². The molecular weight excluding hydrogens is 143 g/mol. The molecule has 0 unspecified atom stereocenters. The van der Waals surface area contributed by atoms with Crippen LogP contribution in [-0.4, -0.2) is 5.11 Å². The minimum absolute atomic E-state index is 0.228. The van der Waals surface area contributed by atoms with E-state index < -0.39 is 0 Å². The Balaban J connectivity index is 3.24. The summed E-state index contributed by atoms with van der Waals surface area (Å²) >= 11 is 0. The van der Waals surface area contributed by atoms with E-state index in [1.807, 2.05) is 6.92 Å². The Morgan fingerprint density at radius 2 is 2.00 bits per heavy atom. The second kappa shape index (κ2) is 3.01. The molecular formula is C9H11FO. The van der Waals surface area contributed by atoms with Gasteiger partial charge in [0.1, 0.15) is 5.82 Å². The van der Waals surface area contributed by atoms with Gasteiger partial charge in [0.05, 0.1) is 6.61 Å². The number of hydrogen-bond acceptors (Lipinski definition) is 1. The largest absolute Gasteiger partial charge is 0.392 e. The van der Waals surface area contributed by atoms with Crippen molar-refractivity contribution in [2.24, 2.45) is 0 Å². The molecule has 0 aliphatic carbocycles. The summed E-state index contributed by atoms with van der Waals surface area (Å²) in [6, 6.07) is 3.41. The highest BCUT2D eigenvalue weighted by Gasteiger charge is 2.03. The van der Waals surface area contributed by atoms with E-state index in [9.17, 15) is 4.39 Å². The van der Waals surface area contributed by atoms with Crippen molar-refractivity contribution in [3.63, 3.8) is 0 Å². The summed E-state index contributed by atoms with van der Waals surface area (Å²) in [5.74, 6) is -0.293. The summed E-state index contributed by atoms with van der Waals surface area (Å²) in [6.45, 7) is 3.35. The second-order valence-electron chi connectivity index (χ2n) is 2.71. The first kappa shape index (κ1) is 8.21. The topological polar surface area (TPSA) is 20.2 Å². The lowest BCUT2D eigenvalue weighted by Gasteiger charge is -2.03. The lowest BCUT2D eigenvalue weighted by atomic mass is 10.1. The van der Waals surface area contributed by atoms with Gasteiger partial charge in [-0.3, -0.25) is 0 Å². The molecule has 0 heterocycles. The molecule has 2 heteroatoms. The van der Waals surface area contributed by atoms with Gasteiger partial charge in [-0.25, -0.2) is 4.39 Å². The fourth-order valence-corrected chi connectivity index (χ4v) is 1.15. The molecule has 0 aliphatic heterocycles. The summed E-state index contributed by atoms with van der Waals surface area (Å²) in [6.07, 6.45) is 0. The van der Waals surface area contributed by atoms with Gasteiger partial charge in [-0.15, -0.1) is 0 Å². The molecule has 0 fully saturated rings. The Kier molecular flexibility index (Phi) is 2.25. The third-order valence-corrected chi connectivity index (χ3v) is 1.64. The van der Waals surface area contributed by atoms with Gasteiger partial charge >= 0.3 is 0 Å². The molecule has 1 N–H and O–H groups in total. The zero-order valence-electron chi connectivity index (χ0n) is 6.69. The smallest absolute Gasteiger partial charge is 0.131 e. The quantitative estimate of drug-likeness (QED) is 0.655. The molecule has 1 aromatic carbocycles. The molecule has 1 nitrogen and oxygen atoms in total. The normalized spacial score (nSPS) is 10.2. The van der Waals surface area contributed by atoms with Gasteiger partial charge in [0.15, 0.2) is 0 Å². The monoisotopic (exact) mass is 154 g/mol. The highest BCUT2D eigenvalue weighted by Crippen LogP contribution is 2.14. The maximum atomic E-state index is 13.0. The number of halogens is 1. The van der Waals surface area contributed by atoms with Crippen molar-refractivity contribution in [2.45, 2.75) is 20.5 Å². The Morgan fingerprint density at radius 3 is 2.55 bits per heavy atom. The van der Waals surface area contributed by atoms with E-state index in [4.69, 9.17) is 5.11 Å². The molecule has 1 rings (SSSR count). The molecule has 0 saturated heterocycles. The summed E-state index contributed by atoms with van der Waals surface area (Å²) in [5.41, 5.74) is 1.95. The molecule has 0 saturated carbocycles. The fourth-order valence-electron chi connectivity index (χ4n) is 1.15. The molecule has 11 heavy (non-hydrogen) atoms. The standard InChI is InChI=1S/C9H11FO/c1-6-3-7(2)9(10)8(4-6)5-11/h3-4,11H,5H2,1-2H3. The fraction of sp³-hybridized carbons (Fsp3) is 0.333. The summed E-state index contributed by atoms with van der Waals surface area (Å²) in [4.78, 5) is 0. The Bertz CT molecular complexity index is 269. The van der Waals surface area contributed by atoms with Crippen LogP contribution in [0.2, 0.25) is 0 Å². The molecule has 0 spiro atoms. The van der Waals surface area contributed by atoms with Crippen molar-refractivity contribution in [2.75, 3.05) is 0 Å². The maximum Gasteiger partial charge on any atom is 0.131 e. The van der Waals surface area contributed by atoms with Gasteiger partial charge in [-0.2, -0.15) is 0 Å². The van der Waals surface area contributed by atoms with Crippen molar-refractivity contribution in [1.82, 2.24) is 0 Å². The van der Waals surface area contributed by atoms with Gasteiger partial charge in [-0.1, -0.05) is 17.7 Å². The van der Waals surface area contributed by atoms with Crippen LogP contribution >= 0.6 is 0 Å². The van der Waals surface area contributed by atoms with Crippen LogP contribution in [0.3, 0.4) is 0 Å². The van der Waals surface area contributed by atoms with Crippen LogP contribution in [0.1, 0.15) is 16.7 Å². The average molecular weight is 154 g/mol. The maximum absolute atomic E-state index is 13.0. The van der Waals surface area contributed by atoms with Crippen molar-refractivity contribution in [1.29, 1.82) is 0 Å². The first-order valence-electron chi connectivity index (χ1n) is 3.51. The lowest BCUT2D eigenvalue weighted by Crippen LogP contribution is -1.94. The van der Waals surface area contributed by atoms with Crippen LogP contribution in [0.25, 0.3) is 0 Å². The zero-order valence-corrected chi connectivity index (χ0v) is 6.69. The number of aliphatic hydroxyl groups excluding tert-OH is 1. The van der Waals surface area contributed by atoms with Gasteiger partial charge in [0, 0.05) is 5.56 Å². The molecule has 0 amide bonds. The second-order valence-corrected chi connectivity index (χ2v) is 2.71. The SMILES string of the molecule is Cc1cc(C)c(F)c(CO)c1. The highest BCUT2D eigenvalue weighted by atomic mass is 19.1. The van der Waals surface area contributed by atoms with Crippen molar-refractivity contribution < 1.29 is 9.50 Å². The molecule has 0 aliphatic rings. The predicted molar refractivity (Wildman–Crippen MR) is 41.8 cm³/mol. The van der Waals surface area contributed by atoms with E-state index in [1.54, 1.807) is 19.1 Å². The van der Waals surface area contributed by atoms with Gasteiger partial charge in [-0.05, 0) is 19.4 Å². The highest BCUT2D eigenvalue weighted by molar-refractivity contribution is 5.29. The molecule has 0 aromatic heterocycles. The van der Waals surface area contributed by atoms with E-state index in [1.165, 1.54) is 0 Å². The Morgan fingerprint density at radius 1 is 1.36 bits per heavy atom. The first-order chi connectivity index (χ1) is 5.15. The molecule has 0 bridgehead atoms. The van der Waals surface area contributed by atoms with Crippen LogP contribution < -0.4 is 0 Å². The van der Waals surface area contributed by atoms with Gasteiger partial charge in [0.2, 0.25) is 0 Å². The number of aliphatic hydroxyl groups is 1. The van der Waals surface area contributed by atoms with Crippen molar-refractivity contribution in [3.05, 3.63) is 34.6 Å². The first-order valence-corrected chi connectivity index (χ1v) is 3.51. The van der Waals surface area contributed by atoms with E-state index >= 15 is 0 Å². The van der Waals surface area contributed by atoms with Crippen LogP contribution in [0.4, 0.5) is 4.39 Å². The van der Waals surface area contributed by atoms with E-state index in [0.29, 0.717) is 11.1 Å². The van der Waals surface area contributed by atoms with Crippen LogP contribution in [-0.2, 0) is 6.61 Å². The minimum atomic E-state index is -0.293. The van der Waals surface area contributed by atoms with E-state index in [0.717, 1.165) is 5.56 Å². The Labute approximate surface area is 65.5 Å². The molecule has 0 atom stereocenters. The van der Waals surface area contributed by atoms with Crippen molar-refractivity contribution in [3.8, 4) is 0 Å². The van der Waals surface area contributed by atoms with E-state index in [-0.39, 0.29) is 12.4 Å². The summed E-state index contributed by atoms with van der Waals surface area (Å²) in [5, 5.41) is 8.73. The molecule has 0 radical (unpaired) electrons. The summed E-state index contributed by atoms with van der Waals surface area (Å²) in [7, 11) is 0. The third-order valence-electron chi connectivity index (χ3n) is 1.64. The minimum Gasteiger partial charge on any atom is -0.392 e. The van der Waals surface area contributed by atoms with Gasteiger partial charge < -0.3 is 5.11 Å². The zero-order chi connectivity index (χ0) is 8.43. The number of aryl methyl sites for hydroxylation is 2. The summed E-state index contributed by atoms with van der Waals surface area (Å²) < 4.78 is 13.0. The lowest BCUT2D eigenvalue weighted by molar-refractivity contribution is 0.275. The van der Waals surface area contributed by atoms with Crippen molar-refractivity contribution >= 4 is 0 Å². The number of hydrogen-bond donors (Lipinski definition) is 1. The molecule has 1 aromatic rings. The van der Waals surface area contributed by atoms with Crippen LogP contribution in [0, 0.1) is 19.7 Å². The number of rotatable bonds is 1. The van der Waals surface area contributed by atoms with Gasteiger partial charge in [0.25, 0.3) is 0 Å². The average Bonchev–Trinajstić information content (AvgIpc) is 1.96. The number of benzene rings is 1.